The lowest BCUT2D eigenvalue weighted by Gasteiger charge is -2.51. The highest BCUT2D eigenvalue weighted by Crippen LogP contribution is 2.81. The molecule has 10 heteroatoms. The molecule has 1 amide bonds. The van der Waals surface area contributed by atoms with E-state index in [4.69, 9.17) is 23.7 Å². The van der Waals surface area contributed by atoms with Crippen molar-refractivity contribution >= 4 is 17.8 Å². The van der Waals surface area contributed by atoms with Gasteiger partial charge in [-0.1, -0.05) is 6.92 Å². The molecule has 0 bridgehead atoms. The van der Waals surface area contributed by atoms with Crippen LogP contribution in [0.2, 0.25) is 0 Å². The molecular formula is C26H32N2O8. The molecule has 0 aromatic carbocycles. The van der Waals surface area contributed by atoms with Crippen molar-refractivity contribution in [1.29, 1.82) is 0 Å². The summed E-state index contributed by atoms with van der Waals surface area (Å²) in [7, 11) is 2.04. The number of Topliss-reactive ketones (excluding diaryl/α,β-unsaturated/α-hetero) is 1. The molecule has 194 valence electrons. The van der Waals surface area contributed by atoms with E-state index < -0.39 is 16.8 Å². The van der Waals surface area contributed by atoms with Gasteiger partial charge in [-0.15, -0.1) is 0 Å². The Balaban J connectivity index is 0.978. The van der Waals surface area contributed by atoms with Crippen LogP contribution in [0.15, 0.2) is 11.1 Å². The third-order valence-electron chi connectivity index (χ3n) is 10.7. The maximum atomic E-state index is 14.1. The molecule has 8 rings (SSSR count). The summed E-state index contributed by atoms with van der Waals surface area (Å²) in [4.78, 5) is 42.6. The molecule has 0 radical (unpaired) electrons. The number of nitrogens with zero attached hydrogens (tertiary/aromatic N) is 2. The Labute approximate surface area is 209 Å². The summed E-state index contributed by atoms with van der Waals surface area (Å²) in [6.45, 7) is 5.85. The van der Waals surface area contributed by atoms with Gasteiger partial charge in [-0.05, 0) is 50.6 Å². The minimum atomic E-state index is -0.950. The van der Waals surface area contributed by atoms with Crippen LogP contribution in [0.1, 0.15) is 39.0 Å². The zero-order valence-corrected chi connectivity index (χ0v) is 20.7. The number of cyclic esters (lactones) is 1. The van der Waals surface area contributed by atoms with Crippen molar-refractivity contribution < 1.29 is 38.1 Å². The van der Waals surface area contributed by atoms with E-state index in [1.165, 1.54) is 0 Å². The van der Waals surface area contributed by atoms with Crippen LogP contribution >= 0.6 is 0 Å². The molecule has 10 nitrogen and oxygen atoms in total. The van der Waals surface area contributed by atoms with E-state index in [0.29, 0.717) is 45.4 Å². The third-order valence-corrected chi connectivity index (χ3v) is 10.7. The second-order valence-electron chi connectivity index (χ2n) is 12.2. The van der Waals surface area contributed by atoms with Gasteiger partial charge in [-0.3, -0.25) is 4.79 Å². The zero-order valence-electron chi connectivity index (χ0n) is 20.7. The Hall–Kier alpha value is -2.01. The first-order chi connectivity index (χ1) is 17.3. The van der Waals surface area contributed by atoms with Crippen LogP contribution in [0.3, 0.4) is 0 Å². The van der Waals surface area contributed by atoms with E-state index in [1.54, 1.807) is 4.90 Å². The Morgan fingerprint density at radius 1 is 1.11 bits per heavy atom. The van der Waals surface area contributed by atoms with E-state index in [1.807, 2.05) is 7.05 Å². The lowest BCUT2D eigenvalue weighted by molar-refractivity contribution is -0.138. The number of hydrogen-bond acceptors (Lipinski definition) is 9. The van der Waals surface area contributed by atoms with E-state index >= 15 is 0 Å². The molecule has 0 aromatic rings. The van der Waals surface area contributed by atoms with Gasteiger partial charge in [0.25, 0.3) is 0 Å². The average molecular weight is 501 g/mol. The number of epoxide rings is 3. The average Bonchev–Trinajstić information content (AvgIpc) is 3.78. The molecule has 5 aliphatic heterocycles. The molecule has 36 heavy (non-hydrogen) atoms. The molecule has 5 heterocycles. The Morgan fingerprint density at radius 3 is 2.72 bits per heavy atom. The number of esters is 1. The number of ketones is 1. The van der Waals surface area contributed by atoms with Crippen LogP contribution in [0, 0.1) is 11.3 Å². The minimum absolute atomic E-state index is 0.0161. The number of piperazine rings is 1. The molecule has 8 aliphatic rings. The quantitative estimate of drug-likeness (QED) is 0.314. The van der Waals surface area contributed by atoms with E-state index in [2.05, 4.69) is 11.8 Å². The van der Waals surface area contributed by atoms with Crippen molar-refractivity contribution in [2.75, 3.05) is 46.4 Å². The Morgan fingerprint density at radius 2 is 1.92 bits per heavy atom. The molecule has 3 aliphatic carbocycles. The zero-order chi connectivity index (χ0) is 24.7. The molecule has 0 unspecified atom stereocenters. The van der Waals surface area contributed by atoms with Crippen LogP contribution in [0.25, 0.3) is 0 Å². The summed E-state index contributed by atoms with van der Waals surface area (Å²) in [6, 6.07) is 0. The number of carbonyl (C=O) groups is 3. The highest BCUT2D eigenvalue weighted by molar-refractivity contribution is 6.05. The van der Waals surface area contributed by atoms with Gasteiger partial charge in [0.1, 0.15) is 24.4 Å². The highest BCUT2D eigenvalue weighted by atomic mass is 16.7. The number of ether oxygens (including phenoxy) is 5. The topological polar surface area (TPSA) is 114 Å². The first kappa shape index (κ1) is 22.0. The van der Waals surface area contributed by atoms with Crippen molar-refractivity contribution in [2.24, 2.45) is 11.3 Å². The van der Waals surface area contributed by atoms with Gasteiger partial charge in [0.15, 0.2) is 11.2 Å². The fourth-order valence-electron chi connectivity index (χ4n) is 8.64. The van der Waals surface area contributed by atoms with Crippen molar-refractivity contribution in [3.63, 3.8) is 0 Å². The van der Waals surface area contributed by atoms with Crippen LogP contribution in [-0.4, -0.2) is 109 Å². The van der Waals surface area contributed by atoms with Gasteiger partial charge in [0.2, 0.25) is 5.78 Å². The fourth-order valence-corrected chi connectivity index (χ4v) is 8.64. The van der Waals surface area contributed by atoms with Crippen molar-refractivity contribution in [3.8, 4) is 0 Å². The van der Waals surface area contributed by atoms with Gasteiger partial charge >= 0.3 is 12.1 Å². The molecule has 2 saturated carbocycles. The Kier molecular flexibility index (Phi) is 4.10. The number of rotatable bonds is 4. The minimum Gasteiger partial charge on any atom is -0.458 e. The molecule has 0 N–H and O–H groups in total. The molecule has 8 atom stereocenters. The van der Waals surface area contributed by atoms with E-state index in [0.717, 1.165) is 30.7 Å². The number of fused-ring (bicyclic) bond motifs is 4. The van der Waals surface area contributed by atoms with Crippen molar-refractivity contribution in [1.82, 2.24) is 9.80 Å². The molecule has 4 saturated heterocycles. The van der Waals surface area contributed by atoms with E-state index in [-0.39, 0.29) is 54.1 Å². The summed E-state index contributed by atoms with van der Waals surface area (Å²) >= 11 is 0. The standard InChI is InChI=1S/C26H32N2O8/c1-23-6-4-14-15(13-33-20(14)29)16(23)12-17-25(34-17)21(30)24(18(35-24)19-26(23,25)36-19)5-3-11-32-22(31)28-9-7-27(2)8-10-28/h16-19H,3-13H2,1-2H3/t16-,17-,18-,19-,23-,24-,25+,26+/m0/s1. The highest BCUT2D eigenvalue weighted by Gasteiger charge is 3.00. The lowest BCUT2D eigenvalue weighted by Crippen LogP contribution is -2.66. The summed E-state index contributed by atoms with van der Waals surface area (Å²) in [6.07, 6.45) is 2.23. The monoisotopic (exact) mass is 500 g/mol. The first-order valence-electron chi connectivity index (χ1n) is 13.4. The molecule has 0 aromatic heterocycles. The summed E-state index contributed by atoms with van der Waals surface area (Å²) in [5.41, 5.74) is -0.923. The number of hydrogen-bond donors (Lipinski definition) is 0. The molecule has 6 fully saturated rings. The van der Waals surface area contributed by atoms with E-state index in [9.17, 15) is 14.4 Å². The van der Waals surface area contributed by atoms with Crippen LogP contribution < -0.4 is 0 Å². The SMILES string of the molecule is CN1CCN(C(=O)OCCC[C@]23O[C@H]2[C@@H]2O[C@@]24[C@@]2(C)CCC5=C(COC5=O)[C@@H]2C[C@@H]2O[C@@]24C3=O)CC1. The maximum Gasteiger partial charge on any atom is 0.409 e. The largest absolute Gasteiger partial charge is 0.458 e. The number of amides is 1. The predicted octanol–water partition coefficient (Wildman–Crippen LogP) is 0.820. The third kappa shape index (κ3) is 2.36. The first-order valence-corrected chi connectivity index (χ1v) is 13.4. The smallest absolute Gasteiger partial charge is 0.409 e. The van der Waals surface area contributed by atoms with Crippen molar-refractivity contribution in [3.05, 3.63) is 11.1 Å². The molecule has 2 spiro atoms. The second-order valence-corrected chi connectivity index (χ2v) is 12.2. The van der Waals surface area contributed by atoms with Crippen LogP contribution in [0.4, 0.5) is 4.79 Å². The second kappa shape index (κ2) is 6.70. The van der Waals surface area contributed by atoms with Gasteiger partial charge < -0.3 is 33.5 Å². The predicted molar refractivity (Wildman–Crippen MR) is 121 cm³/mol. The number of likely N-dealkylation sites (N-methyl/N-ethyl adjacent to an activating group) is 1. The van der Waals surface area contributed by atoms with Crippen LogP contribution in [0.5, 0.6) is 0 Å². The lowest BCUT2D eigenvalue weighted by atomic mass is 9.47. The fraction of sp³-hybridized carbons (Fsp3) is 0.808. The van der Waals surface area contributed by atoms with Crippen molar-refractivity contribution in [2.45, 2.75) is 74.1 Å². The van der Waals surface area contributed by atoms with Gasteiger partial charge in [-0.25, -0.2) is 9.59 Å². The summed E-state index contributed by atoms with van der Waals surface area (Å²) < 4.78 is 29.9. The summed E-state index contributed by atoms with van der Waals surface area (Å²) in [5.74, 6) is -0.0577. The normalized spacial score (nSPS) is 49.7. The van der Waals surface area contributed by atoms with Gasteiger partial charge in [-0.2, -0.15) is 0 Å². The van der Waals surface area contributed by atoms with Crippen LogP contribution in [-0.2, 0) is 33.3 Å². The van der Waals surface area contributed by atoms with Gasteiger partial charge in [0.05, 0.1) is 12.7 Å². The molecular weight excluding hydrogens is 468 g/mol. The van der Waals surface area contributed by atoms with Gasteiger partial charge in [0, 0.05) is 37.2 Å². The Bertz CT molecular complexity index is 1130. The maximum absolute atomic E-state index is 14.1. The summed E-state index contributed by atoms with van der Waals surface area (Å²) in [5, 5.41) is 0. The number of carbonyl (C=O) groups excluding carboxylic acids is 3.